The van der Waals surface area contributed by atoms with Crippen molar-refractivity contribution in [3.63, 3.8) is 0 Å². The Bertz CT molecular complexity index is 462. The van der Waals surface area contributed by atoms with Crippen molar-refractivity contribution in [2.45, 2.75) is 58.6 Å². The number of ether oxygens (including phenoxy) is 2. The van der Waals surface area contributed by atoms with Gasteiger partial charge in [0, 0.05) is 38.8 Å². The van der Waals surface area contributed by atoms with Crippen molar-refractivity contribution in [2.75, 3.05) is 45.9 Å². The van der Waals surface area contributed by atoms with E-state index in [9.17, 15) is 4.79 Å². The number of piperidine rings is 1. The fraction of sp³-hybridized carbons (Fsp3) is 0.895. The molecule has 1 atom stereocenters. The van der Waals surface area contributed by atoms with E-state index in [1.165, 1.54) is 6.42 Å². The first-order chi connectivity index (χ1) is 12.4. The number of guanidine groups is 1. The molecule has 2 aliphatic heterocycles. The van der Waals surface area contributed by atoms with Crippen LogP contribution in [0.1, 0.15) is 47.0 Å². The standard InChI is InChI=1S/C19H36N4O3/c1-5-20-18(21-12-17(24)26-19(2,3)4)22-16-6-9-23(10-7-16)13-15-8-11-25-14-15/h15-16H,5-14H2,1-4H3,(H2,20,21,22). The normalized spacial score (nSPS) is 23.1. The van der Waals surface area contributed by atoms with E-state index >= 15 is 0 Å². The van der Waals surface area contributed by atoms with Crippen molar-refractivity contribution in [2.24, 2.45) is 10.9 Å². The lowest BCUT2D eigenvalue weighted by molar-refractivity contribution is -0.152. The molecule has 2 heterocycles. The third-order valence-corrected chi connectivity index (χ3v) is 4.60. The second kappa shape index (κ2) is 10.1. The fourth-order valence-corrected chi connectivity index (χ4v) is 3.38. The zero-order valence-corrected chi connectivity index (χ0v) is 16.8. The van der Waals surface area contributed by atoms with Gasteiger partial charge in [-0.2, -0.15) is 0 Å². The van der Waals surface area contributed by atoms with Crippen molar-refractivity contribution in [1.82, 2.24) is 15.5 Å². The molecule has 0 amide bonds. The summed E-state index contributed by atoms with van der Waals surface area (Å²) in [5.41, 5.74) is -0.477. The van der Waals surface area contributed by atoms with Crippen LogP contribution in [-0.2, 0) is 14.3 Å². The van der Waals surface area contributed by atoms with Gasteiger partial charge in [-0.05, 0) is 52.9 Å². The van der Waals surface area contributed by atoms with Crippen molar-refractivity contribution in [3.05, 3.63) is 0 Å². The summed E-state index contributed by atoms with van der Waals surface area (Å²) >= 11 is 0. The SMILES string of the molecule is CCNC(=NCC(=O)OC(C)(C)C)NC1CCN(CC2CCOC2)CC1. The molecule has 2 rings (SSSR count). The van der Waals surface area contributed by atoms with Crippen LogP contribution in [0.5, 0.6) is 0 Å². The Hall–Kier alpha value is -1.34. The van der Waals surface area contributed by atoms with Gasteiger partial charge in [0.1, 0.15) is 12.1 Å². The van der Waals surface area contributed by atoms with Crippen molar-refractivity contribution in [3.8, 4) is 0 Å². The quantitative estimate of drug-likeness (QED) is 0.419. The largest absolute Gasteiger partial charge is 0.459 e. The van der Waals surface area contributed by atoms with Gasteiger partial charge in [0.2, 0.25) is 0 Å². The fourth-order valence-electron chi connectivity index (χ4n) is 3.38. The first-order valence-corrected chi connectivity index (χ1v) is 9.92. The van der Waals surface area contributed by atoms with Crippen LogP contribution in [-0.4, -0.2) is 74.4 Å². The number of carbonyl (C=O) groups is 1. The lowest BCUT2D eigenvalue weighted by Gasteiger charge is -2.34. The number of carbonyl (C=O) groups excluding carboxylic acids is 1. The van der Waals surface area contributed by atoms with Crippen molar-refractivity contribution < 1.29 is 14.3 Å². The first-order valence-electron chi connectivity index (χ1n) is 9.92. The predicted molar refractivity (Wildman–Crippen MR) is 103 cm³/mol. The summed E-state index contributed by atoms with van der Waals surface area (Å²) in [6.07, 6.45) is 3.37. The number of hydrogen-bond acceptors (Lipinski definition) is 5. The third kappa shape index (κ3) is 7.91. The first kappa shape index (κ1) is 21.0. The molecule has 2 aliphatic rings. The van der Waals surface area contributed by atoms with Crippen LogP contribution in [0.3, 0.4) is 0 Å². The maximum atomic E-state index is 11.9. The molecule has 0 aromatic rings. The van der Waals surface area contributed by atoms with Gasteiger partial charge in [-0.1, -0.05) is 0 Å². The Morgan fingerprint density at radius 2 is 2.00 bits per heavy atom. The van der Waals surface area contributed by atoms with Crippen LogP contribution in [0, 0.1) is 5.92 Å². The molecule has 7 nitrogen and oxygen atoms in total. The molecule has 0 aliphatic carbocycles. The number of aliphatic imine (C=N–C) groups is 1. The zero-order chi connectivity index (χ0) is 19.0. The second-order valence-electron chi connectivity index (χ2n) is 8.23. The van der Waals surface area contributed by atoms with E-state index in [2.05, 4.69) is 20.5 Å². The van der Waals surface area contributed by atoms with Crippen LogP contribution >= 0.6 is 0 Å². The van der Waals surface area contributed by atoms with Gasteiger partial charge in [0.05, 0.1) is 6.61 Å². The number of esters is 1. The molecule has 2 fully saturated rings. The lowest BCUT2D eigenvalue weighted by atomic mass is 10.0. The minimum absolute atomic E-state index is 0.0348. The smallest absolute Gasteiger partial charge is 0.328 e. The predicted octanol–water partition coefficient (Wildman–Crippen LogP) is 1.38. The molecule has 0 spiro atoms. The summed E-state index contributed by atoms with van der Waals surface area (Å²) in [5.74, 6) is 1.09. The summed E-state index contributed by atoms with van der Waals surface area (Å²) in [6, 6.07) is 0.391. The van der Waals surface area contributed by atoms with Gasteiger partial charge in [-0.3, -0.25) is 4.79 Å². The Kier molecular flexibility index (Phi) is 8.15. The summed E-state index contributed by atoms with van der Waals surface area (Å²) in [4.78, 5) is 18.8. The minimum atomic E-state index is -0.477. The van der Waals surface area contributed by atoms with Crippen LogP contribution < -0.4 is 10.6 Å². The number of rotatable bonds is 6. The third-order valence-electron chi connectivity index (χ3n) is 4.60. The van der Waals surface area contributed by atoms with Crippen molar-refractivity contribution in [1.29, 1.82) is 0 Å². The van der Waals surface area contributed by atoms with E-state index in [-0.39, 0.29) is 12.5 Å². The molecule has 0 bridgehead atoms. The second-order valence-corrected chi connectivity index (χ2v) is 8.23. The molecule has 26 heavy (non-hydrogen) atoms. The average Bonchev–Trinajstić information content (AvgIpc) is 3.06. The van der Waals surface area contributed by atoms with Crippen molar-refractivity contribution >= 4 is 11.9 Å². The highest BCUT2D eigenvalue weighted by molar-refractivity contribution is 5.83. The van der Waals surface area contributed by atoms with Gasteiger partial charge < -0.3 is 25.0 Å². The maximum absolute atomic E-state index is 11.9. The Labute approximate surface area is 157 Å². The number of likely N-dealkylation sites (tertiary alicyclic amines) is 1. The molecule has 0 aromatic heterocycles. The summed E-state index contributed by atoms with van der Waals surface area (Å²) in [5, 5.41) is 6.69. The highest BCUT2D eigenvalue weighted by Crippen LogP contribution is 2.17. The van der Waals surface area contributed by atoms with E-state index < -0.39 is 5.60 Å². The van der Waals surface area contributed by atoms with Gasteiger partial charge >= 0.3 is 5.97 Å². The number of nitrogens with one attached hydrogen (secondary N) is 2. The summed E-state index contributed by atoms with van der Waals surface area (Å²) < 4.78 is 10.8. The van der Waals surface area contributed by atoms with Gasteiger partial charge in [0.15, 0.2) is 5.96 Å². The molecular formula is C19H36N4O3. The van der Waals surface area contributed by atoms with E-state index in [1.54, 1.807) is 0 Å². The van der Waals surface area contributed by atoms with Crippen LogP contribution in [0.2, 0.25) is 0 Å². The lowest BCUT2D eigenvalue weighted by Crippen LogP contribution is -2.49. The average molecular weight is 369 g/mol. The Morgan fingerprint density at radius 3 is 2.58 bits per heavy atom. The highest BCUT2D eigenvalue weighted by Gasteiger charge is 2.24. The molecule has 1 unspecified atom stereocenters. The van der Waals surface area contributed by atoms with Gasteiger partial charge in [-0.15, -0.1) is 0 Å². The molecule has 0 saturated carbocycles. The monoisotopic (exact) mass is 368 g/mol. The van der Waals surface area contributed by atoms with Crippen LogP contribution in [0.15, 0.2) is 4.99 Å². The topological polar surface area (TPSA) is 75.2 Å². The molecule has 0 aromatic carbocycles. The highest BCUT2D eigenvalue weighted by atomic mass is 16.6. The minimum Gasteiger partial charge on any atom is -0.459 e. The Balaban J connectivity index is 1.75. The molecule has 7 heteroatoms. The van der Waals surface area contributed by atoms with E-state index in [0.717, 1.165) is 52.2 Å². The van der Waals surface area contributed by atoms with Gasteiger partial charge in [0.25, 0.3) is 0 Å². The zero-order valence-electron chi connectivity index (χ0n) is 16.8. The number of hydrogen-bond donors (Lipinski definition) is 2. The van der Waals surface area contributed by atoms with Gasteiger partial charge in [-0.25, -0.2) is 4.99 Å². The molecule has 150 valence electrons. The summed E-state index contributed by atoms with van der Waals surface area (Å²) in [6.45, 7) is 13.6. The molecular weight excluding hydrogens is 332 g/mol. The van der Waals surface area contributed by atoms with Crippen LogP contribution in [0.25, 0.3) is 0 Å². The molecule has 0 radical (unpaired) electrons. The summed E-state index contributed by atoms with van der Waals surface area (Å²) in [7, 11) is 0. The molecule has 2 saturated heterocycles. The number of nitrogens with zero attached hydrogens (tertiary/aromatic N) is 2. The van der Waals surface area contributed by atoms with Crippen LogP contribution in [0.4, 0.5) is 0 Å². The molecule has 2 N–H and O–H groups in total. The van der Waals surface area contributed by atoms with E-state index in [0.29, 0.717) is 17.9 Å². The van der Waals surface area contributed by atoms with E-state index in [1.807, 2.05) is 27.7 Å². The Morgan fingerprint density at radius 1 is 1.27 bits per heavy atom. The maximum Gasteiger partial charge on any atom is 0.328 e. The van der Waals surface area contributed by atoms with E-state index in [4.69, 9.17) is 9.47 Å².